The maximum absolute atomic E-state index is 13.1. The van der Waals surface area contributed by atoms with E-state index in [9.17, 15) is 14.0 Å². The van der Waals surface area contributed by atoms with Crippen LogP contribution in [0.1, 0.15) is 6.42 Å². The molecule has 0 heterocycles. The van der Waals surface area contributed by atoms with Crippen molar-refractivity contribution in [2.75, 3.05) is 10.6 Å². The Labute approximate surface area is 155 Å². The number of para-hydroxylation sites is 3. The summed E-state index contributed by atoms with van der Waals surface area (Å²) in [6.07, 6.45) is -0.407. The fourth-order valence-corrected chi connectivity index (χ4v) is 2.39. The van der Waals surface area contributed by atoms with Gasteiger partial charge in [0.2, 0.25) is 11.8 Å². The zero-order chi connectivity index (χ0) is 19.1. The maximum atomic E-state index is 13.1. The van der Waals surface area contributed by atoms with Gasteiger partial charge in [-0.15, -0.1) is 0 Å². The molecule has 0 saturated carbocycles. The summed E-state index contributed by atoms with van der Waals surface area (Å²) in [6.45, 7) is 0. The first-order chi connectivity index (χ1) is 13.1. The Hall–Kier alpha value is -3.67. The summed E-state index contributed by atoms with van der Waals surface area (Å²) in [5.41, 5.74) is 0.741. The Morgan fingerprint density at radius 1 is 0.815 bits per heavy atom. The van der Waals surface area contributed by atoms with Gasteiger partial charge in [-0.3, -0.25) is 9.59 Å². The van der Waals surface area contributed by atoms with Crippen LogP contribution in [-0.2, 0) is 9.59 Å². The minimum atomic E-state index is -0.542. The van der Waals surface area contributed by atoms with Crippen molar-refractivity contribution in [3.63, 3.8) is 0 Å². The highest BCUT2D eigenvalue weighted by Gasteiger charge is 2.13. The molecule has 0 aliphatic rings. The molecular formula is C21H17FN2O3. The molecular weight excluding hydrogens is 347 g/mol. The van der Waals surface area contributed by atoms with Gasteiger partial charge in [0.05, 0.1) is 5.69 Å². The lowest BCUT2D eigenvalue weighted by molar-refractivity contribution is -0.123. The van der Waals surface area contributed by atoms with Crippen LogP contribution in [0.25, 0.3) is 0 Å². The van der Waals surface area contributed by atoms with Crippen LogP contribution in [0.2, 0.25) is 0 Å². The molecule has 5 nitrogen and oxygen atoms in total. The van der Waals surface area contributed by atoms with Gasteiger partial charge in [0.1, 0.15) is 18.0 Å². The highest BCUT2D eigenvalue weighted by atomic mass is 19.1. The molecule has 0 unspecified atom stereocenters. The lowest BCUT2D eigenvalue weighted by Crippen LogP contribution is -2.21. The van der Waals surface area contributed by atoms with Crippen LogP contribution in [0.15, 0.2) is 78.9 Å². The Kier molecular flexibility index (Phi) is 5.79. The van der Waals surface area contributed by atoms with Gasteiger partial charge in [0.15, 0.2) is 5.75 Å². The normalized spacial score (nSPS) is 10.1. The number of rotatable bonds is 6. The highest BCUT2D eigenvalue weighted by molar-refractivity contribution is 6.08. The second kappa shape index (κ2) is 8.62. The molecule has 0 spiro atoms. The first-order valence-corrected chi connectivity index (χ1v) is 8.27. The van der Waals surface area contributed by atoms with Crippen molar-refractivity contribution in [1.29, 1.82) is 0 Å². The van der Waals surface area contributed by atoms with Gasteiger partial charge in [-0.1, -0.05) is 36.4 Å². The van der Waals surface area contributed by atoms with E-state index in [1.54, 1.807) is 42.5 Å². The molecule has 0 saturated heterocycles. The fourth-order valence-electron chi connectivity index (χ4n) is 2.39. The molecule has 0 aromatic heterocycles. The van der Waals surface area contributed by atoms with Crippen molar-refractivity contribution >= 4 is 23.2 Å². The molecule has 0 atom stereocenters. The summed E-state index contributed by atoms with van der Waals surface area (Å²) >= 11 is 0. The molecule has 2 N–H and O–H groups in total. The number of ether oxygens (including phenoxy) is 1. The van der Waals surface area contributed by atoms with E-state index in [1.807, 2.05) is 18.2 Å². The standard InChI is InChI=1S/C21H17FN2O3/c22-15-7-6-8-16(13-15)23-20(25)14-21(26)24-18-11-4-5-12-19(18)27-17-9-2-1-3-10-17/h1-13H,14H2,(H,23,25)(H,24,26). The zero-order valence-electron chi connectivity index (χ0n) is 14.3. The smallest absolute Gasteiger partial charge is 0.233 e. The van der Waals surface area contributed by atoms with Crippen LogP contribution in [0.5, 0.6) is 11.5 Å². The highest BCUT2D eigenvalue weighted by Crippen LogP contribution is 2.29. The number of benzene rings is 3. The molecule has 3 rings (SSSR count). The molecule has 6 heteroatoms. The third-order valence-electron chi connectivity index (χ3n) is 3.56. The largest absolute Gasteiger partial charge is 0.455 e. The van der Waals surface area contributed by atoms with Gasteiger partial charge in [-0.05, 0) is 42.5 Å². The average molecular weight is 364 g/mol. The van der Waals surface area contributed by atoms with Crippen molar-refractivity contribution < 1.29 is 18.7 Å². The number of halogens is 1. The first kappa shape index (κ1) is 18.1. The molecule has 0 aliphatic carbocycles. The van der Waals surface area contributed by atoms with E-state index < -0.39 is 24.1 Å². The summed E-state index contributed by atoms with van der Waals surface area (Å²) in [6, 6.07) is 21.5. The van der Waals surface area contributed by atoms with Gasteiger partial charge in [0.25, 0.3) is 0 Å². The Morgan fingerprint density at radius 3 is 2.30 bits per heavy atom. The van der Waals surface area contributed by atoms with Crippen molar-refractivity contribution in [3.8, 4) is 11.5 Å². The summed E-state index contributed by atoms with van der Waals surface area (Å²) < 4.78 is 18.9. The number of hydrogen-bond acceptors (Lipinski definition) is 3. The quantitative estimate of drug-likeness (QED) is 0.629. The van der Waals surface area contributed by atoms with E-state index in [0.29, 0.717) is 22.9 Å². The number of hydrogen-bond donors (Lipinski definition) is 2. The van der Waals surface area contributed by atoms with Gasteiger partial charge < -0.3 is 15.4 Å². The molecule has 136 valence electrons. The van der Waals surface area contributed by atoms with Crippen LogP contribution in [0.3, 0.4) is 0 Å². The Balaban J connectivity index is 1.61. The van der Waals surface area contributed by atoms with E-state index in [4.69, 9.17) is 4.74 Å². The van der Waals surface area contributed by atoms with E-state index in [-0.39, 0.29) is 0 Å². The first-order valence-electron chi connectivity index (χ1n) is 8.27. The zero-order valence-corrected chi connectivity index (χ0v) is 14.3. The summed E-state index contributed by atoms with van der Waals surface area (Å²) in [7, 11) is 0. The molecule has 2 amide bonds. The fraction of sp³-hybridized carbons (Fsp3) is 0.0476. The van der Waals surface area contributed by atoms with Gasteiger partial charge in [0, 0.05) is 5.69 Å². The van der Waals surface area contributed by atoms with Crippen LogP contribution in [0.4, 0.5) is 15.8 Å². The molecule has 0 radical (unpaired) electrons. The topological polar surface area (TPSA) is 67.4 Å². The molecule has 0 bridgehead atoms. The van der Waals surface area contributed by atoms with Crippen LogP contribution in [-0.4, -0.2) is 11.8 Å². The van der Waals surface area contributed by atoms with Crippen LogP contribution >= 0.6 is 0 Å². The predicted molar refractivity (Wildman–Crippen MR) is 101 cm³/mol. The molecule has 0 fully saturated rings. The van der Waals surface area contributed by atoms with Crippen molar-refractivity contribution in [1.82, 2.24) is 0 Å². The monoisotopic (exact) mass is 364 g/mol. The van der Waals surface area contributed by atoms with E-state index in [1.165, 1.54) is 18.2 Å². The van der Waals surface area contributed by atoms with E-state index in [0.717, 1.165) is 0 Å². The van der Waals surface area contributed by atoms with Gasteiger partial charge in [-0.2, -0.15) is 0 Å². The summed E-state index contributed by atoms with van der Waals surface area (Å²) in [5.74, 6) is -0.428. The Bertz CT molecular complexity index is 945. The van der Waals surface area contributed by atoms with Gasteiger partial charge in [-0.25, -0.2) is 4.39 Å². The predicted octanol–water partition coefficient (Wildman–Crippen LogP) is 4.59. The van der Waals surface area contributed by atoms with Crippen molar-refractivity contribution in [2.45, 2.75) is 6.42 Å². The number of carbonyl (C=O) groups is 2. The minimum Gasteiger partial charge on any atom is -0.455 e. The number of anilines is 2. The minimum absolute atomic E-state index is 0.292. The molecule has 0 aliphatic heterocycles. The summed E-state index contributed by atoms with van der Waals surface area (Å²) in [5, 5.41) is 5.14. The SMILES string of the molecule is O=C(CC(=O)Nc1ccccc1Oc1ccccc1)Nc1cccc(F)c1. The summed E-state index contributed by atoms with van der Waals surface area (Å²) in [4.78, 5) is 24.2. The average Bonchev–Trinajstić information content (AvgIpc) is 2.64. The van der Waals surface area contributed by atoms with E-state index >= 15 is 0 Å². The Morgan fingerprint density at radius 2 is 1.52 bits per heavy atom. The van der Waals surface area contributed by atoms with Crippen molar-refractivity contribution in [3.05, 3.63) is 84.7 Å². The molecule has 3 aromatic carbocycles. The van der Waals surface area contributed by atoms with Crippen LogP contribution in [0, 0.1) is 5.82 Å². The third-order valence-corrected chi connectivity index (χ3v) is 3.56. The third kappa shape index (κ3) is 5.40. The second-order valence-corrected chi connectivity index (χ2v) is 5.69. The van der Waals surface area contributed by atoms with E-state index in [2.05, 4.69) is 10.6 Å². The lowest BCUT2D eigenvalue weighted by Gasteiger charge is -2.12. The van der Waals surface area contributed by atoms with Gasteiger partial charge >= 0.3 is 0 Å². The van der Waals surface area contributed by atoms with Crippen LogP contribution < -0.4 is 15.4 Å². The maximum Gasteiger partial charge on any atom is 0.233 e. The van der Waals surface area contributed by atoms with Crippen molar-refractivity contribution in [2.24, 2.45) is 0 Å². The molecule has 27 heavy (non-hydrogen) atoms. The number of carbonyl (C=O) groups excluding carboxylic acids is 2. The number of nitrogens with one attached hydrogen (secondary N) is 2. The molecule has 3 aromatic rings. The number of amides is 2. The second-order valence-electron chi connectivity index (χ2n) is 5.69. The lowest BCUT2D eigenvalue weighted by atomic mass is 10.2.